The van der Waals surface area contributed by atoms with Crippen molar-refractivity contribution in [2.45, 2.75) is 6.42 Å². The molecule has 0 spiro atoms. The van der Waals surface area contributed by atoms with Gasteiger partial charge in [-0.2, -0.15) is 0 Å². The Kier molecular flexibility index (Phi) is 1.99. The second-order valence-electron chi connectivity index (χ2n) is 4.61. The van der Waals surface area contributed by atoms with Crippen LogP contribution in [-0.2, 0) is 0 Å². The van der Waals surface area contributed by atoms with Crippen molar-refractivity contribution in [3.63, 3.8) is 0 Å². The second-order valence-corrected chi connectivity index (χ2v) is 4.61. The average molecular weight is 223 g/mol. The smallest absolute Gasteiger partial charge is 0.150 e. The lowest BCUT2D eigenvalue weighted by atomic mass is 10.2. The van der Waals surface area contributed by atoms with E-state index in [0.717, 1.165) is 25.2 Å². The van der Waals surface area contributed by atoms with Crippen molar-refractivity contribution in [2.75, 3.05) is 18.0 Å². The maximum Gasteiger partial charge on any atom is 0.150 e. The first-order valence-electron chi connectivity index (χ1n) is 5.38. The van der Waals surface area contributed by atoms with E-state index in [4.69, 9.17) is 0 Å². The van der Waals surface area contributed by atoms with E-state index < -0.39 is 11.6 Å². The lowest BCUT2D eigenvalue weighted by Crippen LogP contribution is -2.24. The van der Waals surface area contributed by atoms with Crippen LogP contribution in [-0.4, -0.2) is 19.4 Å². The summed E-state index contributed by atoms with van der Waals surface area (Å²) in [5, 5.41) is 0. The summed E-state index contributed by atoms with van der Waals surface area (Å²) >= 11 is 0. The fourth-order valence-electron chi connectivity index (χ4n) is 2.54. The fourth-order valence-corrected chi connectivity index (χ4v) is 2.54. The summed E-state index contributed by atoms with van der Waals surface area (Å²) in [7, 11) is 0. The Hall–Kier alpha value is -1.45. The molecule has 1 saturated carbocycles. The van der Waals surface area contributed by atoms with E-state index in [1.165, 1.54) is 6.42 Å². The summed E-state index contributed by atoms with van der Waals surface area (Å²) in [5.74, 6) is -0.0408. The molecule has 2 unspecified atom stereocenters. The van der Waals surface area contributed by atoms with Gasteiger partial charge in [0.1, 0.15) is 23.6 Å². The first-order chi connectivity index (χ1) is 7.69. The highest BCUT2D eigenvalue weighted by Crippen LogP contribution is 2.47. The van der Waals surface area contributed by atoms with Crippen molar-refractivity contribution in [2.24, 2.45) is 11.8 Å². The van der Waals surface area contributed by atoms with Crippen molar-refractivity contribution in [1.82, 2.24) is 0 Å². The van der Waals surface area contributed by atoms with Gasteiger partial charge < -0.3 is 4.90 Å². The lowest BCUT2D eigenvalue weighted by molar-refractivity contribution is 0.112. The van der Waals surface area contributed by atoms with Crippen LogP contribution in [0, 0.1) is 23.5 Å². The maximum atomic E-state index is 13.7. The van der Waals surface area contributed by atoms with Gasteiger partial charge in [-0.15, -0.1) is 0 Å². The van der Waals surface area contributed by atoms with Gasteiger partial charge in [-0.25, -0.2) is 8.78 Å². The molecule has 2 nitrogen and oxygen atoms in total. The van der Waals surface area contributed by atoms with Crippen molar-refractivity contribution < 1.29 is 13.6 Å². The molecule has 2 aliphatic rings. The number of hydrogen-bond acceptors (Lipinski definition) is 2. The number of rotatable bonds is 2. The van der Waals surface area contributed by atoms with Gasteiger partial charge in [0.15, 0.2) is 0 Å². The molecule has 1 aromatic carbocycles. The summed E-state index contributed by atoms with van der Waals surface area (Å²) in [4.78, 5) is 12.2. The Labute approximate surface area is 91.9 Å². The van der Waals surface area contributed by atoms with Gasteiger partial charge in [-0.1, -0.05) is 0 Å². The van der Waals surface area contributed by atoms with Gasteiger partial charge in [-0.3, -0.25) is 4.79 Å². The Morgan fingerprint density at radius 1 is 1.19 bits per heavy atom. The molecular weight excluding hydrogens is 212 g/mol. The fraction of sp³-hybridized carbons (Fsp3) is 0.417. The molecule has 0 N–H and O–H groups in total. The zero-order chi connectivity index (χ0) is 11.3. The van der Waals surface area contributed by atoms with E-state index in [1.807, 2.05) is 0 Å². The highest BCUT2D eigenvalue weighted by atomic mass is 19.1. The number of halogens is 2. The van der Waals surface area contributed by atoms with Crippen LogP contribution in [0.4, 0.5) is 14.5 Å². The Balaban J connectivity index is 1.96. The first-order valence-corrected chi connectivity index (χ1v) is 5.38. The molecule has 4 heteroatoms. The quantitative estimate of drug-likeness (QED) is 0.716. The van der Waals surface area contributed by atoms with Crippen molar-refractivity contribution in [1.29, 1.82) is 0 Å². The van der Waals surface area contributed by atoms with E-state index in [1.54, 1.807) is 4.90 Å². The normalized spacial score (nSPS) is 26.8. The molecule has 1 aliphatic carbocycles. The Morgan fingerprint density at radius 3 is 2.25 bits per heavy atom. The zero-order valence-corrected chi connectivity index (χ0v) is 8.62. The van der Waals surface area contributed by atoms with Crippen LogP contribution in [0.25, 0.3) is 0 Å². The SMILES string of the molecule is O=Cc1cc(F)c(N2CC3CC3C2)c(F)c1. The number of benzene rings is 1. The molecule has 0 bridgehead atoms. The largest absolute Gasteiger partial charge is 0.366 e. The van der Waals surface area contributed by atoms with Gasteiger partial charge in [0.05, 0.1) is 0 Å². The molecule has 2 fully saturated rings. The minimum absolute atomic E-state index is 0.0257. The molecule has 1 heterocycles. The molecule has 84 valence electrons. The standard InChI is InChI=1S/C12H11F2NO/c13-10-1-7(6-16)2-11(14)12(10)15-4-8-3-9(8)5-15/h1-2,6,8-9H,3-5H2. The van der Waals surface area contributed by atoms with E-state index in [2.05, 4.69) is 0 Å². The third kappa shape index (κ3) is 1.40. The van der Waals surface area contributed by atoms with Crippen LogP contribution in [0.15, 0.2) is 12.1 Å². The molecule has 1 aromatic rings. The number of hydrogen-bond donors (Lipinski definition) is 0. The van der Waals surface area contributed by atoms with E-state index in [0.29, 0.717) is 18.1 Å². The third-order valence-corrected chi connectivity index (χ3v) is 3.47. The number of carbonyl (C=O) groups excluding carboxylic acids is 1. The first kappa shape index (κ1) is 9.75. The van der Waals surface area contributed by atoms with Crippen LogP contribution in [0.5, 0.6) is 0 Å². The lowest BCUT2D eigenvalue weighted by Gasteiger charge is -2.21. The Bertz CT molecular complexity index is 427. The molecule has 0 aromatic heterocycles. The predicted octanol–water partition coefficient (Wildman–Crippen LogP) is 2.23. The number of nitrogens with zero attached hydrogens (tertiary/aromatic N) is 1. The predicted molar refractivity (Wildman–Crippen MR) is 55.6 cm³/mol. The van der Waals surface area contributed by atoms with Crippen molar-refractivity contribution in [3.05, 3.63) is 29.3 Å². The monoisotopic (exact) mass is 223 g/mol. The van der Waals surface area contributed by atoms with Gasteiger partial charge in [0.2, 0.25) is 0 Å². The molecule has 1 saturated heterocycles. The topological polar surface area (TPSA) is 20.3 Å². The molecule has 1 aliphatic heterocycles. The van der Waals surface area contributed by atoms with Crippen LogP contribution in [0.3, 0.4) is 0 Å². The molecule has 2 atom stereocenters. The third-order valence-electron chi connectivity index (χ3n) is 3.47. The molecule has 3 rings (SSSR count). The van der Waals surface area contributed by atoms with E-state index >= 15 is 0 Å². The number of anilines is 1. The minimum Gasteiger partial charge on any atom is -0.366 e. The number of fused-ring (bicyclic) bond motifs is 1. The highest BCUT2D eigenvalue weighted by molar-refractivity contribution is 5.76. The van der Waals surface area contributed by atoms with Crippen molar-refractivity contribution in [3.8, 4) is 0 Å². The molecular formula is C12H11F2NO. The number of piperidine rings is 1. The summed E-state index contributed by atoms with van der Waals surface area (Å²) in [6, 6.07) is 2.19. The van der Waals surface area contributed by atoms with Crippen LogP contribution in [0.2, 0.25) is 0 Å². The second kappa shape index (κ2) is 3.27. The summed E-state index contributed by atoms with van der Waals surface area (Å²) in [5.41, 5.74) is 0.0703. The summed E-state index contributed by atoms with van der Waals surface area (Å²) in [6.07, 6.45) is 1.64. The molecule has 0 amide bonds. The Morgan fingerprint density at radius 2 is 1.75 bits per heavy atom. The van der Waals surface area contributed by atoms with Gasteiger partial charge in [0, 0.05) is 18.7 Å². The average Bonchev–Trinajstić information content (AvgIpc) is 2.85. The maximum absolute atomic E-state index is 13.7. The van der Waals surface area contributed by atoms with Crippen LogP contribution >= 0.6 is 0 Å². The van der Waals surface area contributed by atoms with E-state index in [-0.39, 0.29) is 11.3 Å². The molecule has 16 heavy (non-hydrogen) atoms. The van der Waals surface area contributed by atoms with Gasteiger partial charge in [0.25, 0.3) is 0 Å². The summed E-state index contributed by atoms with van der Waals surface area (Å²) < 4.78 is 27.3. The number of aldehydes is 1. The van der Waals surface area contributed by atoms with E-state index in [9.17, 15) is 13.6 Å². The van der Waals surface area contributed by atoms with Gasteiger partial charge in [-0.05, 0) is 30.4 Å². The zero-order valence-electron chi connectivity index (χ0n) is 8.62. The van der Waals surface area contributed by atoms with Crippen LogP contribution in [0.1, 0.15) is 16.8 Å². The van der Waals surface area contributed by atoms with Gasteiger partial charge >= 0.3 is 0 Å². The van der Waals surface area contributed by atoms with Crippen molar-refractivity contribution >= 4 is 12.0 Å². The van der Waals surface area contributed by atoms with Crippen LogP contribution < -0.4 is 4.90 Å². The number of carbonyl (C=O) groups is 1. The highest BCUT2D eigenvalue weighted by Gasteiger charge is 2.46. The minimum atomic E-state index is -0.636. The summed E-state index contributed by atoms with van der Waals surface area (Å²) in [6.45, 7) is 1.47. The molecule has 0 radical (unpaired) electrons.